The quantitative estimate of drug-likeness (QED) is 0.732. The van der Waals surface area contributed by atoms with Gasteiger partial charge in [0.1, 0.15) is 5.82 Å². The molecule has 0 radical (unpaired) electrons. The summed E-state index contributed by atoms with van der Waals surface area (Å²) in [5.41, 5.74) is 1.35. The van der Waals surface area contributed by atoms with E-state index in [1.807, 2.05) is 0 Å². The van der Waals surface area contributed by atoms with Gasteiger partial charge in [0.15, 0.2) is 5.78 Å². The Morgan fingerprint density at radius 1 is 1.06 bits per heavy atom. The van der Waals surface area contributed by atoms with Crippen molar-refractivity contribution in [1.29, 1.82) is 0 Å². The molecule has 0 aliphatic rings. The molecule has 92 valence electrons. The van der Waals surface area contributed by atoms with Crippen LogP contribution in [0.15, 0.2) is 36.4 Å². The van der Waals surface area contributed by atoms with Gasteiger partial charge in [0.25, 0.3) is 0 Å². The van der Waals surface area contributed by atoms with E-state index in [9.17, 15) is 9.18 Å². The Balaban J connectivity index is 2.51. The van der Waals surface area contributed by atoms with Crippen LogP contribution in [0.3, 0.4) is 0 Å². The topological polar surface area (TPSA) is 17.1 Å². The first-order valence-electron chi connectivity index (χ1n) is 5.25. The molecule has 0 spiro atoms. The Bertz CT molecular complexity index is 623. The molecule has 0 bridgehead atoms. The minimum Gasteiger partial charge on any atom is -0.289 e. The molecule has 1 nitrogen and oxygen atoms in total. The average molecular weight is 283 g/mol. The van der Waals surface area contributed by atoms with Crippen molar-refractivity contribution in [3.05, 3.63) is 69.0 Å². The van der Waals surface area contributed by atoms with Gasteiger partial charge in [0.05, 0.1) is 5.02 Å². The van der Waals surface area contributed by atoms with Crippen molar-refractivity contribution >= 4 is 29.0 Å². The second kappa shape index (κ2) is 5.09. The minimum absolute atomic E-state index is 0.155. The van der Waals surface area contributed by atoms with Gasteiger partial charge in [-0.15, -0.1) is 0 Å². The predicted molar refractivity (Wildman–Crippen MR) is 71.0 cm³/mol. The Morgan fingerprint density at radius 2 is 1.78 bits per heavy atom. The lowest BCUT2D eigenvalue weighted by molar-refractivity contribution is 0.103. The van der Waals surface area contributed by atoms with Gasteiger partial charge < -0.3 is 0 Å². The Hall–Kier alpha value is -1.38. The second-order valence-electron chi connectivity index (χ2n) is 3.91. The van der Waals surface area contributed by atoms with Crippen molar-refractivity contribution in [1.82, 2.24) is 0 Å². The maximum Gasteiger partial charge on any atom is 0.194 e. The summed E-state index contributed by atoms with van der Waals surface area (Å²) in [5.74, 6) is -0.803. The van der Waals surface area contributed by atoms with E-state index in [0.29, 0.717) is 10.6 Å². The van der Waals surface area contributed by atoms with Gasteiger partial charge in [-0.2, -0.15) is 0 Å². The third-order valence-corrected chi connectivity index (χ3v) is 3.17. The van der Waals surface area contributed by atoms with E-state index < -0.39 is 5.82 Å². The van der Waals surface area contributed by atoms with Gasteiger partial charge in [-0.1, -0.05) is 23.2 Å². The molecule has 2 aromatic rings. The first-order chi connectivity index (χ1) is 8.49. The van der Waals surface area contributed by atoms with Crippen LogP contribution in [-0.2, 0) is 0 Å². The summed E-state index contributed by atoms with van der Waals surface area (Å²) in [5, 5.41) is 0.783. The van der Waals surface area contributed by atoms with Crippen molar-refractivity contribution < 1.29 is 9.18 Å². The molecule has 0 saturated heterocycles. The number of ketones is 1. The van der Waals surface area contributed by atoms with Crippen LogP contribution in [0.4, 0.5) is 4.39 Å². The summed E-state index contributed by atoms with van der Waals surface area (Å²) in [6, 6.07) is 8.64. The highest BCUT2D eigenvalue weighted by Gasteiger charge is 2.15. The summed E-state index contributed by atoms with van der Waals surface area (Å²) >= 11 is 11.7. The highest BCUT2D eigenvalue weighted by Crippen LogP contribution is 2.23. The molecule has 0 N–H and O–H groups in total. The first kappa shape index (κ1) is 13.1. The molecule has 0 amide bonds. The second-order valence-corrected chi connectivity index (χ2v) is 4.76. The third-order valence-electron chi connectivity index (χ3n) is 2.61. The van der Waals surface area contributed by atoms with Crippen LogP contribution < -0.4 is 0 Å². The Labute approximate surface area is 114 Å². The number of carbonyl (C=O) groups is 1. The van der Waals surface area contributed by atoms with Crippen LogP contribution >= 0.6 is 23.2 Å². The summed E-state index contributed by atoms with van der Waals surface area (Å²) in [6.07, 6.45) is 0. The minimum atomic E-state index is -0.491. The molecular weight excluding hydrogens is 274 g/mol. The van der Waals surface area contributed by atoms with Crippen LogP contribution in [0, 0.1) is 12.7 Å². The number of halogens is 3. The number of carbonyl (C=O) groups excluding carboxylic acids is 1. The third kappa shape index (κ3) is 2.55. The lowest BCUT2D eigenvalue weighted by Crippen LogP contribution is -2.05. The largest absolute Gasteiger partial charge is 0.289 e. The van der Waals surface area contributed by atoms with Crippen molar-refractivity contribution in [2.24, 2.45) is 0 Å². The van der Waals surface area contributed by atoms with Gasteiger partial charge in [-0.3, -0.25) is 4.79 Å². The lowest BCUT2D eigenvalue weighted by Gasteiger charge is -2.07. The van der Waals surface area contributed by atoms with Crippen LogP contribution in [0.2, 0.25) is 10.0 Å². The first-order valence-corrected chi connectivity index (χ1v) is 6.00. The SMILES string of the molecule is Cc1cc(Cl)ccc1C(=O)c1cc(F)ccc1Cl. The molecule has 0 heterocycles. The molecule has 0 atom stereocenters. The summed E-state index contributed by atoms with van der Waals surface area (Å²) < 4.78 is 13.2. The molecule has 0 fully saturated rings. The van der Waals surface area contributed by atoms with Crippen molar-refractivity contribution in [3.63, 3.8) is 0 Å². The molecule has 0 aliphatic carbocycles. The highest BCUT2D eigenvalue weighted by atomic mass is 35.5. The highest BCUT2D eigenvalue weighted by molar-refractivity contribution is 6.35. The molecule has 2 rings (SSSR count). The van der Waals surface area contributed by atoms with E-state index in [1.54, 1.807) is 25.1 Å². The molecule has 0 saturated carbocycles. The zero-order valence-corrected chi connectivity index (χ0v) is 11.0. The number of hydrogen-bond acceptors (Lipinski definition) is 1. The van der Waals surface area contributed by atoms with E-state index in [1.165, 1.54) is 12.1 Å². The Kier molecular flexibility index (Phi) is 3.69. The van der Waals surface area contributed by atoms with Gasteiger partial charge in [0, 0.05) is 16.1 Å². The smallest absolute Gasteiger partial charge is 0.194 e. The van der Waals surface area contributed by atoms with Crippen molar-refractivity contribution in [3.8, 4) is 0 Å². The van der Waals surface area contributed by atoms with Crippen LogP contribution in [-0.4, -0.2) is 5.78 Å². The maximum absolute atomic E-state index is 13.2. The van der Waals surface area contributed by atoms with Gasteiger partial charge in [-0.25, -0.2) is 4.39 Å². The zero-order chi connectivity index (χ0) is 13.3. The molecule has 0 aliphatic heterocycles. The van der Waals surface area contributed by atoms with Crippen molar-refractivity contribution in [2.75, 3.05) is 0 Å². The predicted octanol–water partition coefficient (Wildman–Crippen LogP) is 4.67. The molecule has 2 aromatic carbocycles. The molecule has 4 heteroatoms. The molecule has 18 heavy (non-hydrogen) atoms. The average Bonchev–Trinajstić information content (AvgIpc) is 2.31. The molecule has 0 aromatic heterocycles. The van der Waals surface area contributed by atoms with Gasteiger partial charge >= 0.3 is 0 Å². The van der Waals surface area contributed by atoms with E-state index in [0.717, 1.165) is 11.6 Å². The number of benzene rings is 2. The van der Waals surface area contributed by atoms with E-state index in [2.05, 4.69) is 0 Å². The normalized spacial score (nSPS) is 10.4. The van der Waals surface area contributed by atoms with Crippen LogP contribution in [0.5, 0.6) is 0 Å². The molecule has 0 unspecified atom stereocenters. The standard InChI is InChI=1S/C14H9Cl2FO/c1-8-6-9(15)2-4-11(8)14(18)12-7-10(17)3-5-13(12)16/h2-7H,1H3. The zero-order valence-electron chi connectivity index (χ0n) is 9.51. The summed E-state index contributed by atoms with van der Waals surface area (Å²) in [7, 11) is 0. The van der Waals surface area contributed by atoms with Crippen LogP contribution in [0.1, 0.15) is 21.5 Å². The summed E-state index contributed by atoms with van der Waals surface area (Å²) in [6.45, 7) is 1.77. The number of rotatable bonds is 2. The Morgan fingerprint density at radius 3 is 2.44 bits per heavy atom. The van der Waals surface area contributed by atoms with Gasteiger partial charge in [-0.05, 0) is 48.9 Å². The number of aryl methyl sites for hydroxylation is 1. The van der Waals surface area contributed by atoms with E-state index >= 15 is 0 Å². The lowest BCUT2D eigenvalue weighted by atomic mass is 9.99. The fourth-order valence-corrected chi connectivity index (χ4v) is 2.13. The van der Waals surface area contributed by atoms with Crippen LogP contribution in [0.25, 0.3) is 0 Å². The fraction of sp³-hybridized carbons (Fsp3) is 0.0714. The van der Waals surface area contributed by atoms with Crippen molar-refractivity contribution in [2.45, 2.75) is 6.92 Å². The fourth-order valence-electron chi connectivity index (χ4n) is 1.70. The summed E-state index contributed by atoms with van der Waals surface area (Å²) in [4.78, 5) is 12.3. The maximum atomic E-state index is 13.2. The number of hydrogen-bond donors (Lipinski definition) is 0. The monoisotopic (exact) mass is 282 g/mol. The molecular formula is C14H9Cl2FO. The van der Waals surface area contributed by atoms with E-state index in [-0.39, 0.29) is 16.4 Å². The van der Waals surface area contributed by atoms with E-state index in [4.69, 9.17) is 23.2 Å². The van der Waals surface area contributed by atoms with Gasteiger partial charge in [0.2, 0.25) is 0 Å².